The summed E-state index contributed by atoms with van der Waals surface area (Å²) in [5.41, 5.74) is 0. The molecule has 0 aromatic carbocycles. The van der Waals surface area contributed by atoms with E-state index < -0.39 is 0 Å². The quantitative estimate of drug-likeness (QED) is 0.513. The SMILES string of the molecule is [B]C1OC(C)C2OB(CCCCCCCC)OC12. The van der Waals surface area contributed by atoms with Crippen LogP contribution in [-0.4, -0.2) is 39.3 Å². The second kappa shape index (κ2) is 6.97. The van der Waals surface area contributed by atoms with Crippen LogP contribution in [0.15, 0.2) is 0 Å². The molecule has 0 aliphatic carbocycles. The highest BCUT2D eigenvalue weighted by atomic mass is 16.7. The van der Waals surface area contributed by atoms with Gasteiger partial charge in [0.05, 0.1) is 18.3 Å². The Morgan fingerprint density at radius 3 is 2.39 bits per heavy atom. The van der Waals surface area contributed by atoms with Crippen LogP contribution < -0.4 is 0 Å². The van der Waals surface area contributed by atoms with E-state index in [4.69, 9.17) is 21.9 Å². The zero-order valence-corrected chi connectivity index (χ0v) is 11.6. The molecule has 4 atom stereocenters. The second-order valence-corrected chi connectivity index (χ2v) is 5.49. The molecular formula is C13H24B2O3. The maximum Gasteiger partial charge on any atom is 0.457 e. The lowest BCUT2D eigenvalue weighted by Crippen LogP contribution is -2.28. The van der Waals surface area contributed by atoms with Crippen molar-refractivity contribution in [3.8, 4) is 0 Å². The summed E-state index contributed by atoms with van der Waals surface area (Å²) >= 11 is 0. The fourth-order valence-corrected chi connectivity index (χ4v) is 2.81. The van der Waals surface area contributed by atoms with Crippen molar-refractivity contribution >= 4 is 15.0 Å². The average molecular weight is 250 g/mol. The standard InChI is InChI=1S/C13H24B2O3/c1-3-4-5-6-7-8-9-15-17-11-10(2)16-13(14)12(11)18-15/h10-13H,3-9H2,1-2H3. The molecular weight excluding hydrogens is 226 g/mol. The van der Waals surface area contributed by atoms with Gasteiger partial charge < -0.3 is 14.0 Å². The Labute approximate surface area is 112 Å². The smallest absolute Gasteiger partial charge is 0.404 e. The van der Waals surface area contributed by atoms with Crippen molar-refractivity contribution < 1.29 is 14.0 Å². The summed E-state index contributed by atoms with van der Waals surface area (Å²) in [6.45, 7) is 4.24. The van der Waals surface area contributed by atoms with E-state index in [9.17, 15) is 0 Å². The van der Waals surface area contributed by atoms with E-state index in [1.807, 2.05) is 6.92 Å². The predicted octanol–water partition coefficient (Wildman–Crippen LogP) is 2.53. The summed E-state index contributed by atoms with van der Waals surface area (Å²) in [6.07, 6.45) is 8.79. The lowest BCUT2D eigenvalue weighted by Gasteiger charge is -2.13. The van der Waals surface area contributed by atoms with E-state index in [0.29, 0.717) is 0 Å². The topological polar surface area (TPSA) is 27.7 Å². The zero-order valence-electron chi connectivity index (χ0n) is 11.6. The van der Waals surface area contributed by atoms with Gasteiger partial charge in [-0.3, -0.25) is 0 Å². The molecule has 2 aliphatic rings. The van der Waals surface area contributed by atoms with Crippen LogP contribution in [0.1, 0.15) is 52.4 Å². The Balaban J connectivity index is 1.59. The first-order valence-electron chi connectivity index (χ1n) is 7.44. The highest BCUT2D eigenvalue weighted by molar-refractivity contribution is 6.45. The molecule has 2 fully saturated rings. The molecule has 4 unspecified atom stereocenters. The van der Waals surface area contributed by atoms with Crippen molar-refractivity contribution in [2.24, 2.45) is 0 Å². The van der Waals surface area contributed by atoms with Gasteiger partial charge in [-0.2, -0.15) is 0 Å². The van der Waals surface area contributed by atoms with Crippen molar-refractivity contribution in [3.63, 3.8) is 0 Å². The Kier molecular flexibility index (Phi) is 5.58. The lowest BCUT2D eigenvalue weighted by molar-refractivity contribution is 0.0450. The molecule has 0 N–H and O–H groups in total. The molecule has 3 nitrogen and oxygen atoms in total. The first-order valence-corrected chi connectivity index (χ1v) is 7.44. The third-order valence-corrected chi connectivity index (χ3v) is 3.89. The Morgan fingerprint density at radius 2 is 1.67 bits per heavy atom. The fourth-order valence-electron chi connectivity index (χ4n) is 2.81. The van der Waals surface area contributed by atoms with Crippen molar-refractivity contribution in [2.45, 2.75) is 83.0 Å². The molecule has 2 rings (SSSR count). The molecule has 0 amide bonds. The van der Waals surface area contributed by atoms with Crippen LogP contribution in [0.4, 0.5) is 0 Å². The van der Waals surface area contributed by atoms with Gasteiger partial charge in [-0.05, 0) is 13.2 Å². The van der Waals surface area contributed by atoms with E-state index in [0.717, 1.165) is 6.32 Å². The van der Waals surface area contributed by atoms with Crippen molar-refractivity contribution in [3.05, 3.63) is 0 Å². The summed E-state index contributed by atoms with van der Waals surface area (Å²) in [7, 11) is 5.79. The summed E-state index contributed by atoms with van der Waals surface area (Å²) in [6, 6.07) is -0.320. The molecule has 2 aliphatic heterocycles. The van der Waals surface area contributed by atoms with Gasteiger partial charge in [0.25, 0.3) is 0 Å². The van der Waals surface area contributed by atoms with Crippen LogP contribution in [-0.2, 0) is 14.0 Å². The summed E-state index contributed by atoms with van der Waals surface area (Å²) in [4.78, 5) is 0. The fraction of sp³-hybridized carbons (Fsp3) is 1.00. The predicted molar refractivity (Wildman–Crippen MR) is 73.8 cm³/mol. The van der Waals surface area contributed by atoms with Crippen LogP contribution in [0.25, 0.3) is 0 Å². The van der Waals surface area contributed by atoms with Gasteiger partial charge in [0.15, 0.2) is 0 Å². The van der Waals surface area contributed by atoms with Gasteiger partial charge >= 0.3 is 7.12 Å². The third-order valence-electron chi connectivity index (χ3n) is 3.89. The van der Waals surface area contributed by atoms with E-state index in [1.165, 1.54) is 38.5 Å². The van der Waals surface area contributed by atoms with Gasteiger partial charge in [0, 0.05) is 6.00 Å². The van der Waals surface area contributed by atoms with Crippen molar-refractivity contribution in [2.75, 3.05) is 0 Å². The number of unbranched alkanes of at least 4 members (excludes halogenated alkanes) is 5. The molecule has 0 bridgehead atoms. The Hall–Kier alpha value is 0.00987. The first-order chi connectivity index (χ1) is 8.72. The van der Waals surface area contributed by atoms with E-state index in [2.05, 4.69) is 6.92 Å². The van der Waals surface area contributed by atoms with Crippen molar-refractivity contribution in [1.82, 2.24) is 0 Å². The number of fused-ring (bicyclic) bond motifs is 1. The van der Waals surface area contributed by atoms with Crippen LogP contribution in [0, 0.1) is 0 Å². The van der Waals surface area contributed by atoms with Gasteiger partial charge in [0.1, 0.15) is 7.85 Å². The van der Waals surface area contributed by atoms with E-state index in [1.54, 1.807) is 0 Å². The molecule has 2 heterocycles. The molecule has 0 saturated carbocycles. The van der Waals surface area contributed by atoms with Crippen LogP contribution in [0.5, 0.6) is 0 Å². The minimum absolute atomic E-state index is 0.0325. The maximum atomic E-state index is 5.87. The highest BCUT2D eigenvalue weighted by Gasteiger charge is 2.49. The van der Waals surface area contributed by atoms with Crippen LogP contribution >= 0.6 is 0 Å². The summed E-state index contributed by atoms with van der Waals surface area (Å²) in [5, 5.41) is 0. The molecule has 18 heavy (non-hydrogen) atoms. The molecule has 100 valence electrons. The zero-order chi connectivity index (χ0) is 13.0. The van der Waals surface area contributed by atoms with Gasteiger partial charge in [-0.25, -0.2) is 0 Å². The number of rotatable bonds is 7. The largest absolute Gasteiger partial charge is 0.457 e. The Bertz CT molecular complexity index is 236. The molecule has 2 radical (unpaired) electrons. The normalized spacial score (nSPS) is 35.1. The molecule has 0 aromatic heterocycles. The van der Waals surface area contributed by atoms with Gasteiger partial charge in [0.2, 0.25) is 0 Å². The minimum Gasteiger partial charge on any atom is -0.404 e. The minimum atomic E-state index is -0.320. The first kappa shape index (κ1) is 14.4. The summed E-state index contributed by atoms with van der Waals surface area (Å²) in [5.74, 6) is 0. The van der Waals surface area contributed by atoms with E-state index in [-0.39, 0.29) is 31.4 Å². The van der Waals surface area contributed by atoms with E-state index >= 15 is 0 Å². The summed E-state index contributed by atoms with van der Waals surface area (Å²) < 4.78 is 17.2. The molecule has 2 saturated heterocycles. The lowest BCUT2D eigenvalue weighted by atomic mass is 9.82. The maximum absolute atomic E-state index is 5.87. The third kappa shape index (κ3) is 3.52. The molecule has 5 heteroatoms. The molecule has 0 aromatic rings. The van der Waals surface area contributed by atoms with Crippen molar-refractivity contribution in [1.29, 1.82) is 0 Å². The number of hydrogen-bond donors (Lipinski definition) is 0. The molecule has 0 spiro atoms. The van der Waals surface area contributed by atoms with Gasteiger partial charge in [-0.1, -0.05) is 45.4 Å². The highest BCUT2D eigenvalue weighted by Crippen LogP contribution is 2.32. The number of hydrogen-bond acceptors (Lipinski definition) is 3. The van der Waals surface area contributed by atoms with Gasteiger partial charge in [-0.15, -0.1) is 0 Å². The number of ether oxygens (including phenoxy) is 1. The Morgan fingerprint density at radius 1 is 1.00 bits per heavy atom. The average Bonchev–Trinajstić information content (AvgIpc) is 2.87. The van der Waals surface area contributed by atoms with Crippen LogP contribution in [0.3, 0.4) is 0 Å². The van der Waals surface area contributed by atoms with Crippen LogP contribution in [0.2, 0.25) is 6.32 Å². The monoisotopic (exact) mass is 250 g/mol. The second-order valence-electron chi connectivity index (χ2n) is 5.49.